The summed E-state index contributed by atoms with van der Waals surface area (Å²) in [5, 5.41) is 9.78. The maximum atomic E-state index is 12.6. The zero-order valence-corrected chi connectivity index (χ0v) is 15.6. The molecular weight excluding hydrogens is 354 g/mol. The van der Waals surface area contributed by atoms with Crippen LogP contribution in [-0.2, 0) is 6.54 Å². The average molecular weight is 372 g/mol. The minimum Gasteiger partial charge on any atom is -0.302 e. The molecule has 0 aliphatic rings. The van der Waals surface area contributed by atoms with E-state index in [1.165, 1.54) is 11.8 Å². The number of thioether (sulfide) groups is 1. The number of aromatic nitrogens is 3. The fourth-order valence-corrected chi connectivity index (χ4v) is 3.64. The van der Waals surface area contributed by atoms with Crippen molar-refractivity contribution in [3.05, 3.63) is 65.2 Å². The molecule has 0 aliphatic carbocycles. The summed E-state index contributed by atoms with van der Waals surface area (Å²) in [4.78, 5) is 12.6. The molecule has 0 spiro atoms. The Morgan fingerprint density at radius 1 is 1.12 bits per heavy atom. The van der Waals surface area contributed by atoms with Gasteiger partial charge in [0.1, 0.15) is 0 Å². The Balaban J connectivity index is 1.83. The largest absolute Gasteiger partial charge is 0.302 e. The Labute approximate surface area is 156 Å². The lowest BCUT2D eigenvalue weighted by molar-refractivity contribution is 0.0994. The highest BCUT2D eigenvalue weighted by atomic mass is 35.5. The fraction of sp³-hybridized carbons (Fsp3) is 0.211. The van der Waals surface area contributed by atoms with E-state index in [1.54, 1.807) is 0 Å². The Kier molecular flexibility index (Phi) is 5.56. The third kappa shape index (κ3) is 3.94. The summed E-state index contributed by atoms with van der Waals surface area (Å²) in [7, 11) is 0. The van der Waals surface area contributed by atoms with Crippen molar-refractivity contribution in [3.63, 3.8) is 0 Å². The molecule has 0 N–H and O–H groups in total. The molecule has 6 heteroatoms. The lowest BCUT2D eigenvalue weighted by Crippen LogP contribution is -2.14. The van der Waals surface area contributed by atoms with Crippen molar-refractivity contribution < 1.29 is 4.79 Å². The van der Waals surface area contributed by atoms with E-state index in [9.17, 15) is 4.79 Å². The zero-order chi connectivity index (χ0) is 17.8. The van der Waals surface area contributed by atoms with Crippen molar-refractivity contribution in [3.8, 4) is 11.4 Å². The van der Waals surface area contributed by atoms with Crippen molar-refractivity contribution in [2.45, 2.75) is 30.8 Å². The fourth-order valence-electron chi connectivity index (χ4n) is 2.52. The molecule has 2 aromatic carbocycles. The van der Waals surface area contributed by atoms with Crippen LogP contribution in [0.3, 0.4) is 0 Å². The minimum atomic E-state index is -0.241. The van der Waals surface area contributed by atoms with Gasteiger partial charge in [0.25, 0.3) is 0 Å². The first kappa shape index (κ1) is 17.7. The van der Waals surface area contributed by atoms with E-state index in [0.717, 1.165) is 23.1 Å². The first-order chi connectivity index (χ1) is 12.1. The molecule has 1 unspecified atom stereocenters. The molecule has 128 valence electrons. The number of nitrogens with zero attached hydrogens (tertiary/aromatic N) is 3. The van der Waals surface area contributed by atoms with Gasteiger partial charge in [-0.25, -0.2) is 0 Å². The van der Waals surface area contributed by atoms with Gasteiger partial charge in [-0.1, -0.05) is 53.7 Å². The van der Waals surface area contributed by atoms with Gasteiger partial charge in [0.05, 0.1) is 5.25 Å². The van der Waals surface area contributed by atoms with Gasteiger partial charge >= 0.3 is 0 Å². The van der Waals surface area contributed by atoms with Crippen LogP contribution in [0.25, 0.3) is 11.4 Å². The highest BCUT2D eigenvalue weighted by molar-refractivity contribution is 8.00. The summed E-state index contributed by atoms with van der Waals surface area (Å²) in [6.07, 6.45) is 0. The van der Waals surface area contributed by atoms with Crippen LogP contribution in [0.5, 0.6) is 0 Å². The summed E-state index contributed by atoms with van der Waals surface area (Å²) < 4.78 is 2.02. The molecule has 0 fully saturated rings. The molecule has 1 atom stereocenters. The molecule has 3 rings (SSSR count). The van der Waals surface area contributed by atoms with Gasteiger partial charge < -0.3 is 4.57 Å². The summed E-state index contributed by atoms with van der Waals surface area (Å²) in [5.41, 5.74) is 1.66. The monoisotopic (exact) mass is 371 g/mol. The number of carbonyl (C=O) groups excluding carboxylic acids is 1. The third-order valence-corrected chi connectivity index (χ3v) is 5.18. The van der Waals surface area contributed by atoms with Crippen LogP contribution in [0.4, 0.5) is 0 Å². The molecule has 0 bridgehead atoms. The molecular formula is C19H18ClN3OS. The summed E-state index contributed by atoms with van der Waals surface area (Å²) in [6, 6.07) is 16.8. The van der Waals surface area contributed by atoms with Gasteiger partial charge in [-0.2, -0.15) is 0 Å². The predicted octanol–water partition coefficient (Wildman–Crippen LogP) is 4.98. The molecule has 0 radical (unpaired) electrons. The molecule has 1 aromatic heterocycles. The van der Waals surface area contributed by atoms with E-state index < -0.39 is 0 Å². The molecule has 0 saturated carbocycles. The van der Waals surface area contributed by atoms with E-state index in [4.69, 9.17) is 11.6 Å². The second-order valence-electron chi connectivity index (χ2n) is 5.55. The molecule has 25 heavy (non-hydrogen) atoms. The second-order valence-corrected chi connectivity index (χ2v) is 7.29. The molecule has 3 aromatic rings. The van der Waals surface area contributed by atoms with Crippen LogP contribution in [0.1, 0.15) is 24.2 Å². The topological polar surface area (TPSA) is 47.8 Å². The highest BCUT2D eigenvalue weighted by Gasteiger charge is 2.21. The van der Waals surface area contributed by atoms with Gasteiger partial charge in [0.2, 0.25) is 0 Å². The van der Waals surface area contributed by atoms with Crippen LogP contribution in [0.2, 0.25) is 5.02 Å². The number of hydrogen-bond donors (Lipinski definition) is 0. The maximum Gasteiger partial charge on any atom is 0.192 e. The Hall–Kier alpha value is -2.11. The molecule has 0 saturated heterocycles. The standard InChI is InChI=1S/C19H18ClN3OS/c1-3-23-18(15-9-11-16(20)12-10-15)21-22-19(23)25-13(2)17(24)14-7-5-4-6-8-14/h4-13H,3H2,1-2H3. The van der Waals surface area contributed by atoms with Crippen LogP contribution >= 0.6 is 23.4 Å². The van der Waals surface area contributed by atoms with Gasteiger partial charge in [0.15, 0.2) is 16.8 Å². The number of halogens is 1. The van der Waals surface area contributed by atoms with Crippen molar-refractivity contribution in [1.82, 2.24) is 14.8 Å². The molecule has 0 amide bonds. The van der Waals surface area contributed by atoms with E-state index in [-0.39, 0.29) is 11.0 Å². The number of carbonyl (C=O) groups is 1. The number of benzene rings is 2. The summed E-state index contributed by atoms with van der Waals surface area (Å²) >= 11 is 7.39. The second kappa shape index (κ2) is 7.85. The van der Waals surface area contributed by atoms with Gasteiger partial charge in [-0.15, -0.1) is 10.2 Å². The summed E-state index contributed by atoms with van der Waals surface area (Å²) in [6.45, 7) is 4.66. The smallest absolute Gasteiger partial charge is 0.192 e. The zero-order valence-electron chi connectivity index (χ0n) is 14.0. The Morgan fingerprint density at radius 2 is 1.80 bits per heavy atom. The predicted molar refractivity (Wildman–Crippen MR) is 102 cm³/mol. The van der Waals surface area contributed by atoms with Crippen molar-refractivity contribution in [2.24, 2.45) is 0 Å². The summed E-state index contributed by atoms with van der Waals surface area (Å²) in [5.74, 6) is 0.866. The number of hydrogen-bond acceptors (Lipinski definition) is 4. The van der Waals surface area contributed by atoms with Gasteiger partial charge in [-0.3, -0.25) is 4.79 Å². The lowest BCUT2D eigenvalue weighted by atomic mass is 10.1. The normalized spacial score (nSPS) is 12.1. The minimum absolute atomic E-state index is 0.0873. The van der Waals surface area contributed by atoms with Gasteiger partial charge in [0, 0.05) is 22.7 Å². The molecule has 4 nitrogen and oxygen atoms in total. The van der Waals surface area contributed by atoms with Crippen molar-refractivity contribution >= 4 is 29.1 Å². The average Bonchev–Trinajstić information content (AvgIpc) is 3.05. The van der Waals surface area contributed by atoms with Crippen LogP contribution < -0.4 is 0 Å². The van der Waals surface area contributed by atoms with Crippen molar-refractivity contribution in [1.29, 1.82) is 0 Å². The first-order valence-electron chi connectivity index (χ1n) is 8.05. The molecule has 0 aliphatic heterocycles. The Morgan fingerprint density at radius 3 is 2.44 bits per heavy atom. The Bertz CT molecular complexity index is 862. The lowest BCUT2D eigenvalue weighted by Gasteiger charge is -2.11. The number of rotatable bonds is 6. The third-order valence-electron chi connectivity index (χ3n) is 3.85. The highest BCUT2D eigenvalue weighted by Crippen LogP contribution is 2.28. The SMILES string of the molecule is CCn1c(SC(C)C(=O)c2ccccc2)nnc1-c1ccc(Cl)cc1. The number of Topliss-reactive ketones (excluding diaryl/α,β-unsaturated/α-hetero) is 1. The quantitative estimate of drug-likeness (QED) is 0.452. The molecule has 1 heterocycles. The van der Waals surface area contributed by atoms with Crippen LogP contribution in [0, 0.1) is 0 Å². The van der Waals surface area contributed by atoms with E-state index in [2.05, 4.69) is 10.2 Å². The van der Waals surface area contributed by atoms with Crippen LogP contribution in [-0.4, -0.2) is 25.8 Å². The maximum absolute atomic E-state index is 12.6. The number of ketones is 1. The van der Waals surface area contributed by atoms with Crippen molar-refractivity contribution in [2.75, 3.05) is 0 Å². The van der Waals surface area contributed by atoms with E-state index in [1.807, 2.05) is 73.0 Å². The van der Waals surface area contributed by atoms with Gasteiger partial charge in [-0.05, 0) is 38.1 Å². The van der Waals surface area contributed by atoms with Crippen LogP contribution in [0.15, 0.2) is 59.8 Å². The van der Waals surface area contributed by atoms with E-state index >= 15 is 0 Å². The van der Waals surface area contributed by atoms with E-state index in [0.29, 0.717) is 10.6 Å². The first-order valence-corrected chi connectivity index (χ1v) is 9.31.